The highest BCUT2D eigenvalue weighted by atomic mass is 35.5. The van der Waals surface area contributed by atoms with Crippen LogP contribution in [-0.4, -0.2) is 17.0 Å². The van der Waals surface area contributed by atoms with Gasteiger partial charge in [0.05, 0.1) is 11.1 Å². The third-order valence-corrected chi connectivity index (χ3v) is 4.38. The Bertz CT molecular complexity index is 1220. The van der Waals surface area contributed by atoms with Gasteiger partial charge in [-0.1, -0.05) is 29.8 Å². The molecule has 0 bridgehead atoms. The molecule has 0 spiro atoms. The monoisotopic (exact) mass is 409 g/mol. The van der Waals surface area contributed by atoms with Gasteiger partial charge in [0, 0.05) is 17.0 Å². The number of benzene rings is 2. The van der Waals surface area contributed by atoms with E-state index in [1.54, 1.807) is 30.3 Å². The van der Waals surface area contributed by atoms with Gasteiger partial charge >= 0.3 is 5.91 Å². The number of nitrogens with zero attached hydrogens (tertiary/aromatic N) is 2. The summed E-state index contributed by atoms with van der Waals surface area (Å²) in [5.74, 6) is 0.381. The molecule has 0 aliphatic heterocycles. The number of rotatable bonds is 5. The van der Waals surface area contributed by atoms with Gasteiger partial charge < -0.3 is 8.83 Å². The normalized spacial score (nSPS) is 11.2. The Morgan fingerprint density at radius 3 is 2.72 bits per heavy atom. The van der Waals surface area contributed by atoms with Crippen molar-refractivity contribution < 1.29 is 18.6 Å². The molecular formula is C20H12ClN3O5. The molecule has 0 unspecified atom stereocenters. The Hall–Kier alpha value is -3.91. The molecule has 2 aromatic heterocycles. The van der Waals surface area contributed by atoms with Crippen molar-refractivity contribution in [1.82, 2.24) is 5.43 Å². The maximum Gasteiger partial charge on any atom is 0.307 e. The smallest absolute Gasteiger partial charge is 0.307 e. The lowest BCUT2D eigenvalue weighted by Crippen LogP contribution is -2.16. The maximum absolute atomic E-state index is 12.1. The Morgan fingerprint density at radius 2 is 1.93 bits per heavy atom. The van der Waals surface area contributed by atoms with Crippen LogP contribution in [0.15, 0.2) is 74.6 Å². The largest absolute Gasteiger partial charge is 0.455 e. The summed E-state index contributed by atoms with van der Waals surface area (Å²) in [6.45, 7) is 0. The van der Waals surface area contributed by atoms with Crippen molar-refractivity contribution in [2.75, 3.05) is 0 Å². The summed E-state index contributed by atoms with van der Waals surface area (Å²) in [5.41, 5.74) is 3.24. The second kappa shape index (κ2) is 7.61. The zero-order valence-electron chi connectivity index (χ0n) is 14.7. The standard InChI is InChI=1S/C20H12ClN3O5/c21-15-7-5-13(9-16(15)24(26)27)18-8-6-14(28-18)11-22-23-20(25)19-10-12-3-1-2-4-17(12)29-19/h1-11H,(H,23,25)/b22-11-. The van der Waals surface area contributed by atoms with E-state index < -0.39 is 10.8 Å². The molecule has 0 fully saturated rings. The van der Waals surface area contributed by atoms with Gasteiger partial charge in [0.1, 0.15) is 22.1 Å². The Kier molecular flexibility index (Phi) is 4.84. The van der Waals surface area contributed by atoms with Crippen LogP contribution in [0.2, 0.25) is 5.02 Å². The number of nitro benzene ring substituents is 1. The van der Waals surface area contributed by atoms with Crippen LogP contribution in [0.1, 0.15) is 16.3 Å². The van der Waals surface area contributed by atoms with Crippen LogP contribution < -0.4 is 5.43 Å². The number of nitro groups is 1. The molecule has 4 rings (SSSR count). The van der Waals surface area contributed by atoms with E-state index in [-0.39, 0.29) is 16.5 Å². The molecule has 8 nitrogen and oxygen atoms in total. The first-order chi connectivity index (χ1) is 14.0. The maximum atomic E-state index is 12.1. The van der Waals surface area contributed by atoms with E-state index in [1.165, 1.54) is 18.3 Å². The van der Waals surface area contributed by atoms with Crippen LogP contribution in [0, 0.1) is 10.1 Å². The Balaban J connectivity index is 1.46. The minimum atomic E-state index is -0.565. The highest BCUT2D eigenvalue weighted by Crippen LogP contribution is 2.31. The van der Waals surface area contributed by atoms with Crippen LogP contribution in [0.4, 0.5) is 5.69 Å². The molecule has 0 aliphatic carbocycles. The van der Waals surface area contributed by atoms with Gasteiger partial charge in [-0.2, -0.15) is 5.10 Å². The number of fused-ring (bicyclic) bond motifs is 1. The van der Waals surface area contributed by atoms with Crippen LogP contribution >= 0.6 is 11.6 Å². The number of hydrazone groups is 1. The van der Waals surface area contributed by atoms with Crippen LogP contribution in [-0.2, 0) is 0 Å². The number of furan rings is 2. The van der Waals surface area contributed by atoms with Crippen molar-refractivity contribution in [3.63, 3.8) is 0 Å². The molecule has 1 amide bonds. The molecule has 0 atom stereocenters. The SMILES string of the molecule is O=C(N/N=C\c1ccc(-c2ccc(Cl)c([N+](=O)[O-])c2)o1)c1cc2ccccc2o1. The fourth-order valence-electron chi connectivity index (χ4n) is 2.69. The summed E-state index contributed by atoms with van der Waals surface area (Å²) in [5, 5.41) is 15.7. The molecule has 0 radical (unpaired) electrons. The van der Waals surface area contributed by atoms with Gasteiger partial charge in [-0.25, -0.2) is 5.43 Å². The quantitative estimate of drug-likeness (QED) is 0.282. The fourth-order valence-corrected chi connectivity index (χ4v) is 2.87. The third kappa shape index (κ3) is 3.87. The minimum absolute atomic E-state index is 0.0420. The summed E-state index contributed by atoms with van der Waals surface area (Å²) < 4.78 is 11.0. The van der Waals surface area contributed by atoms with E-state index >= 15 is 0 Å². The molecule has 29 heavy (non-hydrogen) atoms. The number of hydrogen-bond donors (Lipinski definition) is 1. The molecular weight excluding hydrogens is 398 g/mol. The van der Waals surface area contributed by atoms with E-state index in [4.69, 9.17) is 20.4 Å². The molecule has 144 valence electrons. The van der Waals surface area contributed by atoms with E-state index in [2.05, 4.69) is 10.5 Å². The van der Waals surface area contributed by atoms with Crippen molar-refractivity contribution >= 4 is 40.4 Å². The lowest BCUT2D eigenvalue weighted by atomic mass is 10.1. The summed E-state index contributed by atoms with van der Waals surface area (Å²) in [7, 11) is 0. The van der Waals surface area contributed by atoms with Gasteiger partial charge in [0.25, 0.3) is 5.69 Å². The van der Waals surface area contributed by atoms with Gasteiger partial charge in [-0.05, 0) is 36.4 Å². The zero-order valence-corrected chi connectivity index (χ0v) is 15.4. The Labute approximate surface area is 168 Å². The van der Waals surface area contributed by atoms with Gasteiger partial charge in [-0.15, -0.1) is 0 Å². The van der Waals surface area contributed by atoms with Crippen LogP contribution in [0.25, 0.3) is 22.3 Å². The first-order valence-corrected chi connectivity index (χ1v) is 8.75. The van der Waals surface area contributed by atoms with Gasteiger partial charge in [0.15, 0.2) is 5.76 Å². The molecule has 2 heterocycles. The molecule has 4 aromatic rings. The number of nitrogens with one attached hydrogen (secondary N) is 1. The minimum Gasteiger partial charge on any atom is -0.455 e. The highest BCUT2D eigenvalue weighted by Gasteiger charge is 2.15. The average molecular weight is 410 g/mol. The van der Waals surface area contributed by atoms with E-state index in [9.17, 15) is 14.9 Å². The predicted molar refractivity (Wildman–Crippen MR) is 107 cm³/mol. The predicted octanol–water partition coefficient (Wildman–Crippen LogP) is 5.02. The van der Waals surface area contributed by atoms with Gasteiger partial charge in [0.2, 0.25) is 0 Å². The summed E-state index contributed by atoms with van der Waals surface area (Å²) in [6.07, 6.45) is 1.31. The number of carbonyl (C=O) groups is 1. The number of amides is 1. The average Bonchev–Trinajstić information content (AvgIpc) is 3.35. The van der Waals surface area contributed by atoms with Crippen molar-refractivity contribution in [3.8, 4) is 11.3 Å². The summed E-state index contributed by atoms with van der Waals surface area (Å²) in [4.78, 5) is 22.6. The number of para-hydroxylation sites is 1. The fraction of sp³-hybridized carbons (Fsp3) is 0. The van der Waals surface area contributed by atoms with Crippen LogP contribution in [0.5, 0.6) is 0 Å². The summed E-state index contributed by atoms with van der Waals surface area (Å²) >= 11 is 5.82. The topological polar surface area (TPSA) is 111 Å². The number of hydrogen-bond acceptors (Lipinski definition) is 6. The first kappa shape index (κ1) is 18.5. The Morgan fingerprint density at radius 1 is 1.10 bits per heavy atom. The second-order valence-electron chi connectivity index (χ2n) is 5.97. The van der Waals surface area contributed by atoms with Crippen LogP contribution in [0.3, 0.4) is 0 Å². The molecule has 0 saturated carbocycles. The highest BCUT2D eigenvalue weighted by molar-refractivity contribution is 6.32. The van der Waals surface area contributed by atoms with Gasteiger partial charge in [-0.3, -0.25) is 14.9 Å². The lowest BCUT2D eigenvalue weighted by Gasteiger charge is -1.99. The van der Waals surface area contributed by atoms with E-state index in [0.717, 1.165) is 5.39 Å². The molecule has 0 saturated heterocycles. The first-order valence-electron chi connectivity index (χ1n) is 8.37. The molecule has 9 heteroatoms. The third-order valence-electron chi connectivity index (χ3n) is 4.06. The van der Waals surface area contributed by atoms with Crippen molar-refractivity contribution in [2.45, 2.75) is 0 Å². The number of carbonyl (C=O) groups excluding carboxylic acids is 1. The second-order valence-corrected chi connectivity index (χ2v) is 6.38. The van der Waals surface area contributed by atoms with Crippen molar-refractivity contribution in [1.29, 1.82) is 0 Å². The van der Waals surface area contributed by atoms with Crippen molar-refractivity contribution in [2.24, 2.45) is 5.10 Å². The van der Waals surface area contributed by atoms with Crippen molar-refractivity contribution in [3.05, 3.63) is 87.3 Å². The number of halogens is 1. The van der Waals surface area contributed by atoms with E-state index in [0.29, 0.717) is 22.7 Å². The molecule has 0 aliphatic rings. The lowest BCUT2D eigenvalue weighted by molar-refractivity contribution is -0.384. The molecule has 1 N–H and O–H groups in total. The zero-order chi connectivity index (χ0) is 20.4. The summed E-state index contributed by atoms with van der Waals surface area (Å²) in [6, 6.07) is 16.5. The molecule has 2 aromatic carbocycles. The van der Waals surface area contributed by atoms with E-state index in [1.807, 2.05) is 18.2 Å².